The van der Waals surface area contributed by atoms with Gasteiger partial charge >= 0.3 is 0 Å². The first-order chi connectivity index (χ1) is 11.5. The summed E-state index contributed by atoms with van der Waals surface area (Å²) >= 11 is 3.46. The molecule has 0 spiro atoms. The molecule has 1 atom stereocenters. The van der Waals surface area contributed by atoms with Crippen LogP contribution < -0.4 is 0 Å². The van der Waals surface area contributed by atoms with E-state index in [1.54, 1.807) is 6.20 Å². The highest BCUT2D eigenvalue weighted by atomic mass is 79.9. The minimum Gasteiger partial charge on any atom is -0.298 e. The second-order valence-electron chi connectivity index (χ2n) is 6.15. The minimum absolute atomic E-state index is 0.0132. The van der Waals surface area contributed by atoms with Gasteiger partial charge in [-0.25, -0.2) is 0 Å². The lowest BCUT2D eigenvalue weighted by Crippen LogP contribution is -2.15. The second-order valence-corrected chi connectivity index (χ2v) is 7.06. The fourth-order valence-electron chi connectivity index (χ4n) is 3.30. The number of allylic oxidation sites excluding steroid dienone is 2. The van der Waals surface area contributed by atoms with Crippen LogP contribution in [0.1, 0.15) is 34.7 Å². The van der Waals surface area contributed by atoms with E-state index in [4.69, 9.17) is 0 Å². The van der Waals surface area contributed by atoms with Crippen LogP contribution >= 0.6 is 15.9 Å². The van der Waals surface area contributed by atoms with Crippen LogP contribution in [0.4, 0.5) is 0 Å². The summed E-state index contributed by atoms with van der Waals surface area (Å²) in [6, 6.07) is 9.60. The van der Waals surface area contributed by atoms with Crippen molar-refractivity contribution >= 4 is 27.5 Å². The summed E-state index contributed by atoms with van der Waals surface area (Å²) < 4.78 is 0.963. The number of aromatic nitrogens is 1. The molecule has 1 heterocycles. The lowest BCUT2D eigenvalue weighted by molar-refractivity contribution is -0.123. The molecule has 2 aromatic rings. The number of carbonyl (C=O) groups is 2. The number of Topliss-reactive ketones (excluding diaryl/α,β-unsaturated/α-hetero) is 2. The van der Waals surface area contributed by atoms with E-state index in [0.717, 1.165) is 26.9 Å². The molecule has 0 amide bonds. The zero-order valence-corrected chi connectivity index (χ0v) is 15.3. The van der Waals surface area contributed by atoms with E-state index in [1.807, 2.05) is 50.3 Å². The predicted octanol–water partition coefficient (Wildman–Crippen LogP) is 4.26. The van der Waals surface area contributed by atoms with Crippen molar-refractivity contribution in [3.63, 3.8) is 0 Å². The summed E-state index contributed by atoms with van der Waals surface area (Å²) in [5.41, 5.74) is 4.30. The number of hydrogen-bond donors (Lipinski definition) is 0. The summed E-state index contributed by atoms with van der Waals surface area (Å²) in [6.45, 7) is 3.90. The lowest BCUT2D eigenvalue weighted by atomic mass is 9.88. The number of rotatable bonds is 3. The molecule has 1 saturated carbocycles. The molecular formula is C20H18BrNO2. The molecule has 0 aliphatic heterocycles. The summed E-state index contributed by atoms with van der Waals surface area (Å²) in [4.78, 5) is 29.6. The molecule has 0 N–H and O–H groups in total. The Morgan fingerprint density at radius 3 is 2.54 bits per heavy atom. The van der Waals surface area contributed by atoms with Gasteiger partial charge in [-0.1, -0.05) is 28.1 Å². The Kier molecular flexibility index (Phi) is 4.76. The Morgan fingerprint density at radius 1 is 1.21 bits per heavy atom. The average molecular weight is 384 g/mol. The van der Waals surface area contributed by atoms with Gasteiger partial charge in [0.1, 0.15) is 5.92 Å². The number of carbonyl (C=O) groups excluding carboxylic acids is 2. The Bertz CT molecular complexity index is 817. The highest BCUT2D eigenvalue weighted by molar-refractivity contribution is 9.10. The first kappa shape index (κ1) is 16.8. The largest absolute Gasteiger partial charge is 0.298 e. The molecule has 1 unspecified atom stereocenters. The maximum atomic E-state index is 12.8. The molecule has 1 fully saturated rings. The maximum Gasteiger partial charge on any atom is 0.173 e. The van der Waals surface area contributed by atoms with E-state index in [-0.39, 0.29) is 18.0 Å². The van der Waals surface area contributed by atoms with E-state index in [1.165, 1.54) is 0 Å². The van der Waals surface area contributed by atoms with Gasteiger partial charge in [-0.15, -0.1) is 0 Å². The third-order valence-electron chi connectivity index (χ3n) is 4.40. The molecule has 122 valence electrons. The molecule has 1 aliphatic rings. The second kappa shape index (κ2) is 6.81. The van der Waals surface area contributed by atoms with Gasteiger partial charge in [0.05, 0.1) is 0 Å². The molecule has 1 aromatic carbocycles. The monoisotopic (exact) mass is 383 g/mol. The van der Waals surface area contributed by atoms with Gasteiger partial charge in [0.25, 0.3) is 0 Å². The highest BCUT2D eigenvalue weighted by Crippen LogP contribution is 2.36. The van der Waals surface area contributed by atoms with E-state index < -0.39 is 5.92 Å². The molecule has 3 rings (SSSR count). The van der Waals surface area contributed by atoms with Crippen LogP contribution in [-0.4, -0.2) is 16.6 Å². The molecule has 0 bridgehead atoms. The van der Waals surface area contributed by atoms with Crippen LogP contribution in [0.3, 0.4) is 0 Å². The van der Waals surface area contributed by atoms with E-state index in [9.17, 15) is 9.59 Å². The number of benzene rings is 1. The smallest absolute Gasteiger partial charge is 0.173 e. The molecule has 0 radical (unpaired) electrons. The first-order valence-corrected chi connectivity index (χ1v) is 8.69. The fourth-order valence-corrected chi connectivity index (χ4v) is 3.98. The lowest BCUT2D eigenvalue weighted by Gasteiger charge is -2.15. The van der Waals surface area contributed by atoms with Crippen molar-refractivity contribution in [2.24, 2.45) is 0 Å². The Balaban J connectivity index is 1.90. The Labute approximate surface area is 149 Å². The number of pyridine rings is 1. The minimum atomic E-state index is -0.659. The van der Waals surface area contributed by atoms with Crippen LogP contribution in [-0.2, 0) is 16.0 Å². The van der Waals surface area contributed by atoms with Crippen molar-refractivity contribution in [1.29, 1.82) is 0 Å². The van der Waals surface area contributed by atoms with Crippen LogP contribution in [0.5, 0.6) is 0 Å². The van der Waals surface area contributed by atoms with Gasteiger partial charge in [0.2, 0.25) is 0 Å². The van der Waals surface area contributed by atoms with Crippen LogP contribution in [0, 0.1) is 13.8 Å². The molecule has 24 heavy (non-hydrogen) atoms. The number of hydrogen-bond acceptors (Lipinski definition) is 3. The van der Waals surface area contributed by atoms with Crippen LogP contribution in [0.15, 0.2) is 52.7 Å². The van der Waals surface area contributed by atoms with Crippen molar-refractivity contribution in [3.05, 3.63) is 75.0 Å². The standard InChI is InChI=1S/C20H18BrNO2/c1-12-9-15(21)10-13(2)18(12)19-17(23)11-14(20(19)24)6-7-16-5-3-4-8-22-16/h3-6,8-10,19H,7,11H2,1-2H3/b14-6+. The van der Waals surface area contributed by atoms with Crippen molar-refractivity contribution in [2.45, 2.75) is 32.6 Å². The van der Waals surface area contributed by atoms with E-state index >= 15 is 0 Å². The summed E-state index contributed by atoms with van der Waals surface area (Å²) in [7, 11) is 0. The maximum absolute atomic E-state index is 12.8. The van der Waals surface area contributed by atoms with Gasteiger partial charge < -0.3 is 0 Å². The molecule has 1 aliphatic carbocycles. The molecule has 1 aromatic heterocycles. The first-order valence-electron chi connectivity index (χ1n) is 7.90. The van der Waals surface area contributed by atoms with Crippen LogP contribution in [0.2, 0.25) is 0 Å². The Hall–Kier alpha value is -2.07. The average Bonchev–Trinajstić information content (AvgIpc) is 2.81. The van der Waals surface area contributed by atoms with Crippen molar-refractivity contribution < 1.29 is 9.59 Å². The number of nitrogens with zero attached hydrogens (tertiary/aromatic N) is 1. The number of halogens is 1. The Morgan fingerprint density at radius 2 is 1.92 bits per heavy atom. The SMILES string of the molecule is Cc1cc(Br)cc(C)c1C1C(=O)C/C(=C\Cc2ccccn2)C1=O. The van der Waals surface area contributed by atoms with Gasteiger partial charge in [-0.2, -0.15) is 0 Å². The molecule has 3 nitrogen and oxygen atoms in total. The zero-order valence-electron chi connectivity index (χ0n) is 13.7. The summed E-state index contributed by atoms with van der Waals surface area (Å²) in [5, 5.41) is 0. The molecular weight excluding hydrogens is 366 g/mol. The summed E-state index contributed by atoms with van der Waals surface area (Å²) in [5.74, 6) is -0.738. The van der Waals surface area contributed by atoms with Crippen molar-refractivity contribution in [1.82, 2.24) is 4.98 Å². The van der Waals surface area contributed by atoms with E-state index in [2.05, 4.69) is 20.9 Å². The van der Waals surface area contributed by atoms with Crippen molar-refractivity contribution in [3.8, 4) is 0 Å². The van der Waals surface area contributed by atoms with Crippen molar-refractivity contribution in [2.75, 3.05) is 0 Å². The molecule has 4 heteroatoms. The van der Waals surface area contributed by atoms with Crippen LogP contribution in [0.25, 0.3) is 0 Å². The zero-order chi connectivity index (χ0) is 17.3. The van der Waals surface area contributed by atoms with E-state index in [0.29, 0.717) is 12.0 Å². The number of aryl methyl sites for hydroxylation is 2. The van der Waals surface area contributed by atoms with Gasteiger partial charge in [-0.3, -0.25) is 14.6 Å². The topological polar surface area (TPSA) is 47.0 Å². The predicted molar refractivity (Wildman–Crippen MR) is 97.0 cm³/mol. The normalized spacial score (nSPS) is 19.3. The molecule has 0 saturated heterocycles. The van der Waals surface area contributed by atoms with Gasteiger partial charge in [-0.05, 0) is 54.8 Å². The third-order valence-corrected chi connectivity index (χ3v) is 4.85. The third kappa shape index (κ3) is 3.24. The fraction of sp³-hybridized carbons (Fsp3) is 0.250. The quantitative estimate of drug-likeness (QED) is 0.587. The number of ketones is 2. The van der Waals surface area contributed by atoms with Gasteiger partial charge in [0.15, 0.2) is 11.6 Å². The highest BCUT2D eigenvalue weighted by Gasteiger charge is 2.39. The summed E-state index contributed by atoms with van der Waals surface area (Å²) in [6.07, 6.45) is 4.37. The van der Waals surface area contributed by atoms with Gasteiger partial charge in [0, 0.05) is 34.8 Å².